The molecule has 200 valence electrons. The quantitative estimate of drug-likeness (QED) is 0.418. The molecule has 1 aliphatic heterocycles. The second-order valence-corrected chi connectivity index (χ2v) is 9.96. The third-order valence-electron chi connectivity index (χ3n) is 5.67. The Bertz CT molecular complexity index is 1010. The van der Waals surface area contributed by atoms with Crippen LogP contribution < -0.4 is 20.9 Å². The average Bonchev–Trinajstić information content (AvgIpc) is 3.33. The third kappa shape index (κ3) is 9.98. The van der Waals surface area contributed by atoms with Gasteiger partial charge in [0.15, 0.2) is 0 Å². The largest absolute Gasteiger partial charge is 0.445 e. The first-order valence-corrected chi connectivity index (χ1v) is 12.6. The van der Waals surface area contributed by atoms with E-state index in [-0.39, 0.29) is 18.6 Å². The van der Waals surface area contributed by atoms with Gasteiger partial charge in [0.05, 0.1) is 0 Å². The van der Waals surface area contributed by atoms with Crippen LogP contribution in [0.2, 0.25) is 0 Å². The second-order valence-electron chi connectivity index (χ2n) is 9.96. The Kier molecular flexibility index (Phi) is 10.1. The molecule has 0 radical (unpaired) electrons. The minimum Gasteiger partial charge on any atom is -0.445 e. The molecule has 2 atom stereocenters. The van der Waals surface area contributed by atoms with Crippen LogP contribution in [0.3, 0.4) is 0 Å². The van der Waals surface area contributed by atoms with Gasteiger partial charge >= 0.3 is 12.2 Å². The molecule has 0 bridgehead atoms. The molecule has 1 aromatic heterocycles. The zero-order chi connectivity index (χ0) is 26.7. The van der Waals surface area contributed by atoms with Gasteiger partial charge in [-0.15, -0.1) is 0 Å². The molecule has 3 amide bonds. The number of nitrogens with one attached hydrogen (secondary N) is 3. The van der Waals surface area contributed by atoms with Gasteiger partial charge in [0.2, 0.25) is 5.91 Å². The Hall–Kier alpha value is -3.82. The lowest BCUT2D eigenvalue weighted by atomic mass is 10.1. The molecule has 0 aliphatic carbocycles. The van der Waals surface area contributed by atoms with Crippen LogP contribution in [0.4, 0.5) is 15.4 Å². The Labute approximate surface area is 218 Å². The molecular weight excluding hydrogens is 474 g/mol. The van der Waals surface area contributed by atoms with Crippen molar-refractivity contribution < 1.29 is 23.9 Å². The van der Waals surface area contributed by atoms with Crippen molar-refractivity contribution in [2.75, 3.05) is 24.5 Å². The van der Waals surface area contributed by atoms with E-state index < -0.39 is 23.8 Å². The van der Waals surface area contributed by atoms with Crippen molar-refractivity contribution in [3.8, 4) is 0 Å². The molecule has 2 heterocycles. The van der Waals surface area contributed by atoms with Crippen molar-refractivity contribution in [2.24, 2.45) is 0 Å². The molecule has 1 aliphatic rings. The molecule has 3 N–H and O–H groups in total. The highest BCUT2D eigenvalue weighted by molar-refractivity contribution is 5.86. The highest BCUT2D eigenvalue weighted by Crippen LogP contribution is 2.17. The van der Waals surface area contributed by atoms with Crippen molar-refractivity contribution in [3.63, 3.8) is 0 Å². The Morgan fingerprint density at radius 1 is 1.08 bits per heavy atom. The molecule has 1 unspecified atom stereocenters. The molecule has 37 heavy (non-hydrogen) atoms. The van der Waals surface area contributed by atoms with E-state index >= 15 is 0 Å². The SMILES string of the molecule is CC(C)(C)OC(=O)N[C@@H](CCCNC(=O)OCc1ccccc1)C(=O)NC1CCN(c2ccccn2)C1. The normalized spacial score (nSPS) is 16.0. The summed E-state index contributed by atoms with van der Waals surface area (Å²) in [5.74, 6) is 0.582. The lowest BCUT2D eigenvalue weighted by Gasteiger charge is -2.24. The van der Waals surface area contributed by atoms with E-state index in [1.54, 1.807) is 27.0 Å². The van der Waals surface area contributed by atoms with Crippen LogP contribution in [-0.4, -0.2) is 60.4 Å². The Balaban J connectivity index is 1.47. The smallest absolute Gasteiger partial charge is 0.408 e. The van der Waals surface area contributed by atoms with Gasteiger partial charge in [0, 0.05) is 31.9 Å². The van der Waals surface area contributed by atoms with Gasteiger partial charge in [0.25, 0.3) is 0 Å². The fourth-order valence-electron chi connectivity index (χ4n) is 3.92. The molecule has 3 rings (SSSR count). The highest BCUT2D eigenvalue weighted by atomic mass is 16.6. The van der Waals surface area contributed by atoms with Crippen molar-refractivity contribution >= 4 is 23.9 Å². The number of anilines is 1. The molecule has 0 saturated carbocycles. The molecule has 0 spiro atoms. The van der Waals surface area contributed by atoms with Gasteiger partial charge in [-0.1, -0.05) is 36.4 Å². The Morgan fingerprint density at radius 2 is 1.84 bits per heavy atom. The average molecular weight is 512 g/mol. The summed E-state index contributed by atoms with van der Waals surface area (Å²) in [4.78, 5) is 44.0. The number of pyridine rings is 1. The molecule has 10 heteroatoms. The highest BCUT2D eigenvalue weighted by Gasteiger charge is 2.29. The summed E-state index contributed by atoms with van der Waals surface area (Å²) in [5.41, 5.74) is 0.202. The van der Waals surface area contributed by atoms with Crippen molar-refractivity contribution in [2.45, 2.75) is 64.3 Å². The monoisotopic (exact) mass is 511 g/mol. The van der Waals surface area contributed by atoms with Crippen LogP contribution in [0.5, 0.6) is 0 Å². The van der Waals surface area contributed by atoms with Crippen LogP contribution in [0.15, 0.2) is 54.7 Å². The van der Waals surface area contributed by atoms with Gasteiger partial charge in [-0.2, -0.15) is 0 Å². The second kappa shape index (κ2) is 13.5. The third-order valence-corrected chi connectivity index (χ3v) is 5.67. The van der Waals surface area contributed by atoms with Crippen molar-refractivity contribution in [1.29, 1.82) is 0 Å². The Morgan fingerprint density at radius 3 is 2.54 bits per heavy atom. The minimum atomic E-state index is -0.805. The van der Waals surface area contributed by atoms with E-state index in [9.17, 15) is 14.4 Å². The standard InChI is InChI=1S/C27H37N5O5/c1-27(2,3)37-26(35)31-22(12-9-16-29-25(34)36-19-20-10-5-4-6-11-20)24(33)30-21-14-17-32(18-21)23-13-7-8-15-28-23/h4-8,10-11,13,15,21-22H,9,12,14,16-19H2,1-3H3,(H,29,34)(H,30,33)(H,31,35)/t21?,22-/m0/s1. The summed E-state index contributed by atoms with van der Waals surface area (Å²) in [6.07, 6.45) is 2.10. The summed E-state index contributed by atoms with van der Waals surface area (Å²) >= 11 is 0. The maximum atomic E-state index is 13.1. The predicted molar refractivity (Wildman–Crippen MR) is 140 cm³/mol. The zero-order valence-corrected chi connectivity index (χ0v) is 21.7. The first kappa shape index (κ1) is 27.8. The number of aromatic nitrogens is 1. The minimum absolute atomic E-state index is 0.0662. The van der Waals surface area contributed by atoms with E-state index in [2.05, 4.69) is 25.8 Å². The maximum Gasteiger partial charge on any atom is 0.408 e. The number of carbonyl (C=O) groups is 3. The number of hydrogen-bond acceptors (Lipinski definition) is 7. The first-order valence-electron chi connectivity index (χ1n) is 12.6. The molecular formula is C27H37N5O5. The molecule has 1 fully saturated rings. The predicted octanol–water partition coefficient (Wildman–Crippen LogP) is 3.38. The molecule has 10 nitrogen and oxygen atoms in total. The van der Waals surface area contributed by atoms with E-state index in [0.29, 0.717) is 25.9 Å². The van der Waals surface area contributed by atoms with Gasteiger partial charge < -0.3 is 30.3 Å². The van der Waals surface area contributed by atoms with E-state index in [0.717, 1.165) is 24.3 Å². The van der Waals surface area contributed by atoms with Crippen LogP contribution in [0.1, 0.15) is 45.6 Å². The number of ether oxygens (including phenoxy) is 2. The number of rotatable bonds is 10. The summed E-state index contributed by atoms with van der Waals surface area (Å²) in [6.45, 7) is 7.17. The van der Waals surface area contributed by atoms with Gasteiger partial charge in [-0.05, 0) is 57.7 Å². The summed E-state index contributed by atoms with van der Waals surface area (Å²) in [5, 5.41) is 8.41. The lowest BCUT2D eigenvalue weighted by Crippen LogP contribution is -2.51. The number of hydrogen-bond donors (Lipinski definition) is 3. The maximum absolute atomic E-state index is 13.1. The summed E-state index contributed by atoms with van der Waals surface area (Å²) < 4.78 is 10.6. The van der Waals surface area contributed by atoms with Gasteiger partial charge in [-0.3, -0.25) is 4.79 Å². The van der Waals surface area contributed by atoms with Crippen molar-refractivity contribution in [1.82, 2.24) is 20.9 Å². The zero-order valence-electron chi connectivity index (χ0n) is 21.7. The fourth-order valence-corrected chi connectivity index (χ4v) is 3.92. The number of carbonyl (C=O) groups excluding carboxylic acids is 3. The fraction of sp³-hybridized carbons (Fsp3) is 0.481. The lowest BCUT2D eigenvalue weighted by molar-refractivity contribution is -0.124. The summed E-state index contributed by atoms with van der Waals surface area (Å²) in [7, 11) is 0. The van der Waals surface area contributed by atoms with Gasteiger partial charge in [0.1, 0.15) is 24.1 Å². The van der Waals surface area contributed by atoms with Crippen LogP contribution in [0.25, 0.3) is 0 Å². The number of amides is 3. The first-order chi connectivity index (χ1) is 17.7. The molecule has 2 aromatic rings. The molecule has 1 aromatic carbocycles. The van der Waals surface area contributed by atoms with Crippen LogP contribution in [0, 0.1) is 0 Å². The van der Waals surface area contributed by atoms with Gasteiger partial charge in [-0.25, -0.2) is 14.6 Å². The van der Waals surface area contributed by atoms with E-state index in [4.69, 9.17) is 9.47 Å². The number of benzene rings is 1. The topological polar surface area (TPSA) is 122 Å². The van der Waals surface area contributed by atoms with Crippen LogP contribution in [-0.2, 0) is 20.9 Å². The van der Waals surface area contributed by atoms with E-state index in [1.165, 1.54) is 0 Å². The van der Waals surface area contributed by atoms with E-state index in [1.807, 2.05) is 48.5 Å². The summed E-state index contributed by atoms with van der Waals surface area (Å²) in [6, 6.07) is 14.3. The van der Waals surface area contributed by atoms with Crippen LogP contribution >= 0.6 is 0 Å². The van der Waals surface area contributed by atoms with Crippen molar-refractivity contribution in [3.05, 3.63) is 60.3 Å². The number of nitrogens with zero attached hydrogens (tertiary/aromatic N) is 2. The molecule has 1 saturated heterocycles. The number of alkyl carbamates (subject to hydrolysis) is 2.